The maximum absolute atomic E-state index is 13.3. The molecule has 0 fully saturated rings. The van der Waals surface area contributed by atoms with Gasteiger partial charge in [-0.3, -0.25) is 9.48 Å². The summed E-state index contributed by atoms with van der Waals surface area (Å²) in [4.78, 5) is 28.4. The lowest BCUT2D eigenvalue weighted by Crippen LogP contribution is -2.39. The second-order valence-corrected chi connectivity index (χ2v) is 6.89. The lowest BCUT2D eigenvalue weighted by Gasteiger charge is -2.27. The topological polar surface area (TPSA) is 70.5 Å². The highest BCUT2D eigenvalue weighted by atomic mass is 35.5. The summed E-state index contributed by atoms with van der Waals surface area (Å²) in [6.45, 7) is 1.27. The Morgan fingerprint density at radius 2 is 2.19 bits per heavy atom. The van der Waals surface area contributed by atoms with Crippen LogP contribution in [-0.4, -0.2) is 45.1 Å². The van der Waals surface area contributed by atoms with Crippen molar-refractivity contribution in [1.29, 1.82) is 0 Å². The summed E-state index contributed by atoms with van der Waals surface area (Å²) in [5.74, 6) is -0.693. The fourth-order valence-corrected chi connectivity index (χ4v) is 3.47. The lowest BCUT2D eigenvalue weighted by atomic mass is 10.0. The summed E-state index contributed by atoms with van der Waals surface area (Å²) in [5.41, 5.74) is 2.54. The largest absolute Gasteiger partial charge is 0.322 e. The highest BCUT2D eigenvalue weighted by Gasteiger charge is 2.31. The zero-order valence-corrected chi connectivity index (χ0v) is 15.3. The first kappa shape index (κ1) is 17.5. The maximum atomic E-state index is 13.3. The molecule has 2 aromatic rings. The Morgan fingerprint density at radius 1 is 1.37 bits per heavy atom. The molecule has 1 aromatic carbocycles. The van der Waals surface area contributed by atoms with Crippen LogP contribution < -0.4 is 5.32 Å². The summed E-state index contributed by atoms with van der Waals surface area (Å²) in [6, 6.07) is 3.67. The molecule has 0 unspecified atom stereocenters. The number of hydrogen-bond acceptors (Lipinski definition) is 3. The number of benzene rings is 1. The van der Waals surface area contributed by atoms with E-state index >= 15 is 0 Å². The van der Waals surface area contributed by atoms with Gasteiger partial charge in [-0.25, -0.2) is 9.18 Å². The number of carbonyl (C=O) groups excluding carboxylic acids is 2. The minimum absolute atomic E-state index is 0.0585. The van der Waals surface area contributed by atoms with E-state index < -0.39 is 5.82 Å². The van der Waals surface area contributed by atoms with Gasteiger partial charge in [-0.2, -0.15) is 5.10 Å². The van der Waals surface area contributed by atoms with Gasteiger partial charge < -0.3 is 15.1 Å². The van der Waals surface area contributed by atoms with Gasteiger partial charge in [0.05, 0.1) is 23.8 Å². The Hall–Kier alpha value is -2.87. The van der Waals surface area contributed by atoms with Crippen LogP contribution in [0.25, 0.3) is 0 Å². The molecule has 3 heterocycles. The third kappa shape index (κ3) is 3.16. The molecule has 7 nitrogen and oxygen atoms in total. The van der Waals surface area contributed by atoms with Crippen LogP contribution in [0, 0.1) is 5.82 Å². The molecule has 0 saturated carbocycles. The molecule has 27 heavy (non-hydrogen) atoms. The van der Waals surface area contributed by atoms with E-state index in [9.17, 15) is 14.0 Å². The minimum atomic E-state index is -0.545. The van der Waals surface area contributed by atoms with E-state index in [1.54, 1.807) is 22.8 Å². The first-order valence-electron chi connectivity index (χ1n) is 8.47. The Balaban J connectivity index is 1.56. The molecule has 0 radical (unpaired) electrons. The van der Waals surface area contributed by atoms with Crippen molar-refractivity contribution in [3.63, 3.8) is 0 Å². The second-order valence-electron chi connectivity index (χ2n) is 6.49. The summed E-state index contributed by atoms with van der Waals surface area (Å²) in [5, 5.41) is 7.19. The first-order chi connectivity index (χ1) is 12.9. The summed E-state index contributed by atoms with van der Waals surface area (Å²) in [6.07, 6.45) is 4.15. The number of hydrogen-bond donors (Lipinski definition) is 1. The Kier molecular flexibility index (Phi) is 4.35. The molecule has 2 aliphatic rings. The molecule has 2 aliphatic heterocycles. The minimum Gasteiger partial charge on any atom is -0.320 e. The van der Waals surface area contributed by atoms with Crippen LogP contribution in [0.3, 0.4) is 0 Å². The van der Waals surface area contributed by atoms with E-state index in [0.717, 1.165) is 11.3 Å². The van der Waals surface area contributed by atoms with Crippen LogP contribution in [-0.2, 0) is 19.5 Å². The number of carbonyl (C=O) groups is 2. The fourth-order valence-electron chi connectivity index (χ4n) is 3.29. The summed E-state index contributed by atoms with van der Waals surface area (Å²) >= 11 is 5.76. The molecule has 0 saturated heterocycles. The second kappa shape index (κ2) is 6.70. The van der Waals surface area contributed by atoms with Gasteiger partial charge in [0, 0.05) is 37.5 Å². The highest BCUT2D eigenvalue weighted by molar-refractivity contribution is 6.31. The molecule has 1 aromatic heterocycles. The number of allylic oxidation sites excluding steroid dienone is 1. The van der Waals surface area contributed by atoms with Crippen molar-refractivity contribution < 1.29 is 14.0 Å². The average Bonchev–Trinajstić information content (AvgIpc) is 2.94. The van der Waals surface area contributed by atoms with Gasteiger partial charge in [0.2, 0.25) is 0 Å². The number of fused-ring (bicyclic) bond motifs is 3. The molecule has 3 amide bonds. The van der Waals surface area contributed by atoms with Crippen LogP contribution in [0.2, 0.25) is 5.02 Å². The van der Waals surface area contributed by atoms with Crippen molar-refractivity contribution in [1.82, 2.24) is 19.6 Å². The predicted octanol–water partition coefficient (Wildman–Crippen LogP) is 2.87. The molecule has 1 N–H and O–H groups in total. The van der Waals surface area contributed by atoms with Gasteiger partial charge in [0.1, 0.15) is 11.5 Å². The van der Waals surface area contributed by atoms with E-state index in [1.165, 1.54) is 23.1 Å². The van der Waals surface area contributed by atoms with Gasteiger partial charge in [-0.15, -0.1) is 0 Å². The number of rotatable bonds is 1. The molecule has 0 aliphatic carbocycles. The van der Waals surface area contributed by atoms with Crippen LogP contribution in [0.4, 0.5) is 14.9 Å². The normalized spacial score (nSPS) is 16.0. The van der Waals surface area contributed by atoms with Crippen molar-refractivity contribution in [3.05, 3.63) is 58.3 Å². The lowest BCUT2D eigenvalue weighted by molar-refractivity contribution is 0.0840. The zero-order chi connectivity index (χ0) is 19.1. The van der Waals surface area contributed by atoms with E-state index in [0.29, 0.717) is 30.9 Å². The van der Waals surface area contributed by atoms with Crippen LogP contribution in [0.15, 0.2) is 30.5 Å². The van der Waals surface area contributed by atoms with E-state index in [4.69, 9.17) is 11.6 Å². The van der Waals surface area contributed by atoms with E-state index in [1.807, 2.05) is 6.08 Å². The van der Waals surface area contributed by atoms with Gasteiger partial charge in [0.15, 0.2) is 0 Å². The van der Waals surface area contributed by atoms with E-state index in [-0.39, 0.29) is 23.5 Å². The van der Waals surface area contributed by atoms with Crippen molar-refractivity contribution >= 4 is 29.2 Å². The smallest absolute Gasteiger partial charge is 0.320 e. The standard InChI is InChI=1S/C18H17ClFN5O2/c1-23-6-2-7-25-16(17(23)26)12-10-24(8-5-15(12)22-25)18(27)21-11-3-4-14(20)13(19)9-11/h2-4,6,9H,5,7-8,10H2,1H3,(H,21,27). The molecule has 0 spiro atoms. The van der Waals surface area contributed by atoms with Gasteiger partial charge in [-0.1, -0.05) is 11.6 Å². The number of anilines is 1. The van der Waals surface area contributed by atoms with Gasteiger partial charge in [0.25, 0.3) is 5.91 Å². The molecule has 9 heteroatoms. The Bertz CT molecular complexity index is 971. The van der Waals surface area contributed by atoms with Crippen molar-refractivity contribution in [3.8, 4) is 0 Å². The molecule has 0 atom stereocenters. The maximum Gasteiger partial charge on any atom is 0.322 e. The first-order valence-corrected chi connectivity index (χ1v) is 8.85. The fraction of sp³-hybridized carbons (Fsp3) is 0.278. The Morgan fingerprint density at radius 3 is 2.96 bits per heavy atom. The Labute approximate surface area is 160 Å². The van der Waals surface area contributed by atoms with E-state index in [2.05, 4.69) is 10.4 Å². The number of nitrogens with zero attached hydrogens (tertiary/aromatic N) is 4. The SMILES string of the molecule is CN1C=CCn2nc3c(c2C1=O)CN(C(=O)Nc1ccc(F)c(Cl)c1)CC3. The molecule has 4 rings (SSSR count). The number of aromatic nitrogens is 2. The molecule has 0 bridgehead atoms. The average molecular weight is 390 g/mol. The number of halogens is 2. The number of urea groups is 1. The number of amides is 3. The highest BCUT2D eigenvalue weighted by Crippen LogP contribution is 2.26. The van der Waals surface area contributed by atoms with Crippen molar-refractivity contribution in [2.45, 2.75) is 19.5 Å². The van der Waals surface area contributed by atoms with Gasteiger partial charge in [-0.05, 0) is 24.3 Å². The third-order valence-corrected chi connectivity index (χ3v) is 4.98. The van der Waals surface area contributed by atoms with Crippen molar-refractivity contribution in [2.24, 2.45) is 0 Å². The van der Waals surface area contributed by atoms with Crippen LogP contribution in [0.5, 0.6) is 0 Å². The quantitative estimate of drug-likeness (QED) is 0.815. The predicted molar refractivity (Wildman–Crippen MR) is 98.0 cm³/mol. The summed E-state index contributed by atoms with van der Waals surface area (Å²) < 4.78 is 15.0. The monoisotopic (exact) mass is 389 g/mol. The molecule has 140 valence electrons. The van der Waals surface area contributed by atoms with Gasteiger partial charge >= 0.3 is 6.03 Å². The zero-order valence-electron chi connectivity index (χ0n) is 14.6. The summed E-state index contributed by atoms with van der Waals surface area (Å²) in [7, 11) is 1.69. The van der Waals surface area contributed by atoms with Crippen LogP contribution >= 0.6 is 11.6 Å². The van der Waals surface area contributed by atoms with Crippen molar-refractivity contribution in [2.75, 3.05) is 18.9 Å². The molecular formula is C18H17ClFN5O2. The number of nitrogens with one attached hydrogen (secondary N) is 1. The third-order valence-electron chi connectivity index (χ3n) is 4.69. The van der Waals surface area contributed by atoms with Crippen LogP contribution in [0.1, 0.15) is 21.7 Å². The molecular weight excluding hydrogens is 373 g/mol.